The molecule has 1 saturated heterocycles. The Balaban J connectivity index is 1.92. The van der Waals surface area contributed by atoms with Gasteiger partial charge in [-0.05, 0) is 44.4 Å². The molecule has 7 nitrogen and oxygen atoms in total. The van der Waals surface area contributed by atoms with E-state index in [9.17, 15) is 18.8 Å². The van der Waals surface area contributed by atoms with Crippen LogP contribution < -0.4 is 4.90 Å². The lowest BCUT2D eigenvalue weighted by atomic mass is 10.1. The van der Waals surface area contributed by atoms with Crippen molar-refractivity contribution >= 4 is 23.4 Å². The van der Waals surface area contributed by atoms with Crippen LogP contribution in [0.25, 0.3) is 0 Å². The summed E-state index contributed by atoms with van der Waals surface area (Å²) in [5, 5.41) is 0. The average molecular weight is 433 g/mol. The summed E-state index contributed by atoms with van der Waals surface area (Å²) in [5.41, 5.74) is 1.25. The third kappa shape index (κ3) is 5.81. The van der Waals surface area contributed by atoms with Crippen molar-refractivity contribution < 1.29 is 18.8 Å². The molecule has 3 amide bonds. The fraction of sp³-hybridized carbons (Fsp3) is 0.609. The van der Waals surface area contributed by atoms with Crippen molar-refractivity contribution in [3.05, 3.63) is 29.6 Å². The highest BCUT2D eigenvalue weighted by molar-refractivity contribution is 5.92. The van der Waals surface area contributed by atoms with Gasteiger partial charge in [-0.1, -0.05) is 6.07 Å². The Kier molecular flexibility index (Phi) is 7.64. The fourth-order valence-electron chi connectivity index (χ4n) is 4.31. The van der Waals surface area contributed by atoms with Crippen LogP contribution in [0.4, 0.5) is 10.1 Å². The molecule has 3 rings (SSSR count). The molecule has 0 aliphatic carbocycles. The number of nitrogens with zero attached hydrogens (tertiary/aromatic N) is 4. The van der Waals surface area contributed by atoms with Crippen molar-refractivity contribution in [2.24, 2.45) is 0 Å². The molecule has 0 bridgehead atoms. The molecule has 0 unspecified atom stereocenters. The molecule has 170 valence electrons. The van der Waals surface area contributed by atoms with Crippen LogP contribution in [0.3, 0.4) is 0 Å². The monoisotopic (exact) mass is 432 g/mol. The molecule has 8 heteroatoms. The molecule has 2 aliphatic rings. The maximum atomic E-state index is 14.1. The van der Waals surface area contributed by atoms with Gasteiger partial charge in [0.1, 0.15) is 5.82 Å². The summed E-state index contributed by atoms with van der Waals surface area (Å²) in [7, 11) is 0. The predicted molar refractivity (Wildman–Crippen MR) is 117 cm³/mol. The highest BCUT2D eigenvalue weighted by atomic mass is 19.1. The smallest absolute Gasteiger partial charge is 0.242 e. The zero-order chi connectivity index (χ0) is 22.5. The van der Waals surface area contributed by atoms with E-state index in [2.05, 4.69) is 18.7 Å². The van der Waals surface area contributed by atoms with Gasteiger partial charge in [0.15, 0.2) is 0 Å². The van der Waals surface area contributed by atoms with Crippen molar-refractivity contribution in [2.45, 2.75) is 52.6 Å². The first-order valence-electron chi connectivity index (χ1n) is 11.1. The number of benzene rings is 1. The summed E-state index contributed by atoms with van der Waals surface area (Å²) in [6, 6.07) is 4.69. The van der Waals surface area contributed by atoms with E-state index in [4.69, 9.17) is 0 Å². The third-order valence-electron chi connectivity index (χ3n) is 6.14. The van der Waals surface area contributed by atoms with Crippen LogP contribution in [0.1, 0.15) is 45.6 Å². The largest absolute Gasteiger partial charge is 0.335 e. The topological polar surface area (TPSA) is 64.2 Å². The van der Waals surface area contributed by atoms with Gasteiger partial charge in [-0.3, -0.25) is 19.3 Å². The van der Waals surface area contributed by atoms with Gasteiger partial charge >= 0.3 is 0 Å². The van der Waals surface area contributed by atoms with Crippen LogP contribution >= 0.6 is 0 Å². The van der Waals surface area contributed by atoms with E-state index in [1.54, 1.807) is 20.8 Å². The first kappa shape index (κ1) is 23.2. The van der Waals surface area contributed by atoms with Crippen LogP contribution in [-0.2, 0) is 20.9 Å². The molecule has 1 aromatic carbocycles. The minimum atomic E-state index is -0.413. The van der Waals surface area contributed by atoms with E-state index in [1.807, 2.05) is 0 Å². The van der Waals surface area contributed by atoms with E-state index in [0.29, 0.717) is 44.3 Å². The van der Waals surface area contributed by atoms with Crippen molar-refractivity contribution in [3.63, 3.8) is 0 Å². The zero-order valence-electron chi connectivity index (χ0n) is 18.8. The van der Waals surface area contributed by atoms with Crippen LogP contribution in [0.2, 0.25) is 0 Å². The van der Waals surface area contributed by atoms with Gasteiger partial charge in [0, 0.05) is 58.7 Å². The van der Waals surface area contributed by atoms with Crippen LogP contribution in [-0.4, -0.2) is 77.7 Å². The number of carbonyl (C=O) groups excluding carboxylic acids is 3. The average Bonchev–Trinajstić information content (AvgIpc) is 3.09. The molecular weight excluding hydrogens is 399 g/mol. The third-order valence-corrected chi connectivity index (χ3v) is 6.14. The molecule has 1 aromatic rings. The van der Waals surface area contributed by atoms with Crippen LogP contribution in [0.5, 0.6) is 0 Å². The summed E-state index contributed by atoms with van der Waals surface area (Å²) < 4.78 is 14.1. The second kappa shape index (κ2) is 10.2. The number of carbonyl (C=O) groups is 3. The van der Waals surface area contributed by atoms with Gasteiger partial charge in [-0.15, -0.1) is 0 Å². The summed E-state index contributed by atoms with van der Waals surface area (Å²) in [4.78, 5) is 44.8. The van der Waals surface area contributed by atoms with Crippen LogP contribution in [0, 0.1) is 5.82 Å². The lowest BCUT2D eigenvalue weighted by Crippen LogP contribution is -2.45. The summed E-state index contributed by atoms with van der Waals surface area (Å²) in [6.45, 7) is 9.13. The number of halogens is 1. The maximum absolute atomic E-state index is 14.1. The number of likely N-dealkylation sites (tertiary alicyclic amines) is 1. The molecule has 1 fully saturated rings. The fourth-order valence-corrected chi connectivity index (χ4v) is 4.31. The van der Waals surface area contributed by atoms with Gasteiger partial charge in [0.05, 0.1) is 12.2 Å². The Labute approximate surface area is 183 Å². The van der Waals surface area contributed by atoms with Gasteiger partial charge < -0.3 is 14.7 Å². The molecule has 0 spiro atoms. The molecular formula is C23H33FN4O3. The minimum absolute atomic E-state index is 0.0141. The number of amides is 3. The summed E-state index contributed by atoms with van der Waals surface area (Å²) >= 11 is 0. The van der Waals surface area contributed by atoms with E-state index < -0.39 is 5.82 Å². The second-order valence-corrected chi connectivity index (χ2v) is 8.66. The van der Waals surface area contributed by atoms with Crippen molar-refractivity contribution in [2.75, 3.05) is 44.2 Å². The summed E-state index contributed by atoms with van der Waals surface area (Å²) in [5.74, 6) is -0.671. The van der Waals surface area contributed by atoms with E-state index in [0.717, 1.165) is 24.9 Å². The Morgan fingerprint density at radius 3 is 2.48 bits per heavy atom. The lowest BCUT2D eigenvalue weighted by molar-refractivity contribution is -0.139. The predicted octanol–water partition coefficient (Wildman–Crippen LogP) is 2.24. The Morgan fingerprint density at radius 1 is 1.06 bits per heavy atom. The standard InChI is InChI=1S/C23H33FN4O3/c1-17(2)25-10-5-11-28(18(3)29)21-14-20(24)8-7-19(21)15-27(13-12-25)23(31)16-26-9-4-6-22(26)30/h7-8,14,17H,4-6,9-13,15-16H2,1-3H3. The minimum Gasteiger partial charge on any atom is -0.335 e. The van der Waals surface area contributed by atoms with Crippen molar-refractivity contribution in [3.8, 4) is 0 Å². The van der Waals surface area contributed by atoms with Crippen LogP contribution in [0.15, 0.2) is 18.2 Å². The number of fused-ring (bicyclic) bond motifs is 1. The Hall–Kier alpha value is -2.48. The number of hydrogen-bond donors (Lipinski definition) is 0. The maximum Gasteiger partial charge on any atom is 0.242 e. The Bertz CT molecular complexity index is 829. The van der Waals surface area contributed by atoms with Gasteiger partial charge in [-0.2, -0.15) is 0 Å². The highest BCUT2D eigenvalue weighted by Gasteiger charge is 2.27. The molecule has 0 N–H and O–H groups in total. The molecule has 0 saturated carbocycles. The van der Waals surface area contributed by atoms with E-state index in [1.165, 1.54) is 19.1 Å². The molecule has 2 aliphatic heterocycles. The number of rotatable bonds is 3. The van der Waals surface area contributed by atoms with Crippen molar-refractivity contribution in [1.82, 2.24) is 14.7 Å². The molecule has 0 aromatic heterocycles. The first-order valence-corrected chi connectivity index (χ1v) is 11.1. The highest BCUT2D eigenvalue weighted by Crippen LogP contribution is 2.25. The van der Waals surface area contributed by atoms with Gasteiger partial charge in [0.2, 0.25) is 17.7 Å². The number of hydrogen-bond acceptors (Lipinski definition) is 4. The SMILES string of the molecule is CC(=O)N1CCCN(C(C)C)CCN(C(=O)CN2CCCC2=O)Cc2ccc(F)cc21. The molecule has 2 heterocycles. The van der Waals surface area contributed by atoms with Gasteiger partial charge in [0.25, 0.3) is 0 Å². The van der Waals surface area contributed by atoms with E-state index >= 15 is 0 Å². The van der Waals surface area contributed by atoms with Crippen molar-refractivity contribution in [1.29, 1.82) is 0 Å². The first-order chi connectivity index (χ1) is 14.8. The quantitative estimate of drug-likeness (QED) is 0.735. The second-order valence-electron chi connectivity index (χ2n) is 8.66. The zero-order valence-corrected chi connectivity index (χ0v) is 18.8. The van der Waals surface area contributed by atoms with E-state index in [-0.39, 0.29) is 30.8 Å². The number of anilines is 1. The normalized spacial score (nSPS) is 18.9. The molecule has 31 heavy (non-hydrogen) atoms. The molecule has 0 atom stereocenters. The Morgan fingerprint density at radius 2 is 1.84 bits per heavy atom. The lowest BCUT2D eigenvalue weighted by Gasteiger charge is -2.31. The summed E-state index contributed by atoms with van der Waals surface area (Å²) in [6.07, 6.45) is 2.02. The molecule has 0 radical (unpaired) electrons. The van der Waals surface area contributed by atoms with Gasteiger partial charge in [-0.25, -0.2) is 4.39 Å².